The molecule has 1 amide bonds. The van der Waals surface area contributed by atoms with E-state index in [1.165, 1.54) is 89.3 Å². The quantitative estimate of drug-likeness (QED) is 0.190. The molecule has 0 aromatic carbocycles. The molecule has 1 aliphatic heterocycles. The average molecular weight is 421 g/mol. The van der Waals surface area contributed by atoms with Crippen molar-refractivity contribution in [1.29, 1.82) is 0 Å². The summed E-state index contributed by atoms with van der Waals surface area (Å²) < 4.78 is 0.912. The van der Waals surface area contributed by atoms with Gasteiger partial charge in [0.25, 0.3) is 0 Å². The summed E-state index contributed by atoms with van der Waals surface area (Å²) in [4.78, 5) is 15.9. The molecule has 1 atom stereocenters. The maximum atomic E-state index is 11.2. The molecule has 0 bridgehead atoms. The van der Waals surface area contributed by atoms with E-state index in [2.05, 4.69) is 31.3 Å². The lowest BCUT2D eigenvalue weighted by atomic mass is 10.0. The second-order valence-electron chi connectivity index (χ2n) is 9.07. The van der Waals surface area contributed by atoms with Crippen LogP contribution in [-0.4, -0.2) is 48.9 Å². The van der Waals surface area contributed by atoms with Gasteiger partial charge in [0, 0.05) is 13.0 Å². The van der Waals surface area contributed by atoms with Crippen molar-refractivity contribution in [2.45, 2.75) is 111 Å². The summed E-state index contributed by atoms with van der Waals surface area (Å²) in [5.41, 5.74) is 0. The van der Waals surface area contributed by atoms with Crippen molar-refractivity contribution < 1.29 is 9.28 Å². The van der Waals surface area contributed by atoms with E-state index in [0.29, 0.717) is 0 Å². The smallest absolute Gasteiger partial charge is 0.222 e. The minimum atomic E-state index is 0.0555. The minimum Gasteiger partial charge on any atom is -0.351 e. The summed E-state index contributed by atoms with van der Waals surface area (Å²) in [6.07, 6.45) is 24.0. The van der Waals surface area contributed by atoms with Gasteiger partial charge in [-0.25, -0.2) is 4.99 Å². The molecule has 1 rings (SSSR count). The molecular weight excluding hydrogens is 370 g/mol. The number of amides is 1. The summed E-state index contributed by atoms with van der Waals surface area (Å²) in [7, 11) is 0. The molecule has 174 valence electrons. The largest absolute Gasteiger partial charge is 0.351 e. The lowest BCUT2D eigenvalue weighted by Gasteiger charge is -2.32. The second kappa shape index (κ2) is 17.5. The van der Waals surface area contributed by atoms with Gasteiger partial charge < -0.3 is 5.32 Å². The van der Waals surface area contributed by atoms with Gasteiger partial charge in [-0.3, -0.25) is 9.28 Å². The molecule has 1 aliphatic rings. The van der Waals surface area contributed by atoms with Crippen molar-refractivity contribution >= 4 is 11.7 Å². The topological polar surface area (TPSA) is 41.5 Å². The second-order valence-corrected chi connectivity index (χ2v) is 9.07. The first-order valence-electron chi connectivity index (χ1n) is 13.0. The van der Waals surface area contributed by atoms with E-state index < -0.39 is 0 Å². The molecule has 1 unspecified atom stereocenters. The third-order valence-electron chi connectivity index (χ3n) is 6.55. The van der Waals surface area contributed by atoms with Gasteiger partial charge in [-0.15, -0.1) is 0 Å². The SMILES string of the molecule is CCCCCCCCCCCCCCC/C=C/C1=NCC[N+]1(CC)CCNC(C)=O. The molecule has 1 N–H and O–H groups in total. The lowest BCUT2D eigenvalue weighted by Crippen LogP contribution is -2.53. The number of quaternary nitrogens is 1. The highest BCUT2D eigenvalue weighted by Gasteiger charge is 2.34. The number of nitrogens with zero attached hydrogens (tertiary/aromatic N) is 2. The molecule has 1 heterocycles. The van der Waals surface area contributed by atoms with Crippen LogP contribution in [0.15, 0.2) is 17.1 Å². The molecule has 4 nitrogen and oxygen atoms in total. The Morgan fingerprint density at radius 3 is 2.03 bits per heavy atom. The van der Waals surface area contributed by atoms with Gasteiger partial charge in [-0.2, -0.15) is 0 Å². The van der Waals surface area contributed by atoms with Crippen molar-refractivity contribution in [2.75, 3.05) is 32.7 Å². The van der Waals surface area contributed by atoms with E-state index >= 15 is 0 Å². The Hall–Kier alpha value is -1.16. The summed E-state index contributed by atoms with van der Waals surface area (Å²) in [5.74, 6) is 1.26. The number of carbonyl (C=O) groups excluding carboxylic acids is 1. The third-order valence-corrected chi connectivity index (χ3v) is 6.55. The van der Waals surface area contributed by atoms with Crippen LogP contribution in [0.3, 0.4) is 0 Å². The molecular formula is C26H50N3O+. The zero-order valence-corrected chi connectivity index (χ0v) is 20.4. The minimum absolute atomic E-state index is 0.0555. The van der Waals surface area contributed by atoms with Crippen molar-refractivity contribution in [2.24, 2.45) is 4.99 Å². The fourth-order valence-electron chi connectivity index (χ4n) is 4.45. The van der Waals surface area contributed by atoms with Crippen LogP contribution in [0.25, 0.3) is 0 Å². The van der Waals surface area contributed by atoms with Crippen molar-refractivity contribution in [3.05, 3.63) is 12.2 Å². The Bertz CT molecular complexity index is 501. The summed E-state index contributed by atoms with van der Waals surface area (Å²) >= 11 is 0. The van der Waals surface area contributed by atoms with E-state index in [1.807, 2.05) is 0 Å². The average Bonchev–Trinajstić information content (AvgIpc) is 3.13. The molecule has 0 radical (unpaired) electrons. The van der Waals surface area contributed by atoms with E-state index in [4.69, 9.17) is 4.99 Å². The van der Waals surface area contributed by atoms with Crippen LogP contribution in [0.1, 0.15) is 111 Å². The Balaban J connectivity index is 2.04. The molecule has 0 saturated heterocycles. The highest BCUT2D eigenvalue weighted by atomic mass is 16.1. The zero-order chi connectivity index (χ0) is 21.9. The van der Waals surface area contributed by atoms with Gasteiger partial charge in [0.15, 0.2) is 0 Å². The van der Waals surface area contributed by atoms with Crippen LogP contribution in [-0.2, 0) is 4.79 Å². The number of amidine groups is 1. The van der Waals surface area contributed by atoms with Crippen molar-refractivity contribution in [3.8, 4) is 0 Å². The fourth-order valence-corrected chi connectivity index (χ4v) is 4.45. The van der Waals surface area contributed by atoms with E-state index in [1.54, 1.807) is 6.92 Å². The number of nitrogens with one attached hydrogen (secondary N) is 1. The standard InChI is InChI=1S/C26H49N3O/c1-4-6-7-8-9-10-11-12-13-14-15-16-17-18-19-20-26-28-22-24-29(26,5-2)23-21-27-25(3)30/h19-20H,4-18,21-24H2,1-3H3/p+1/b20-19+. The summed E-state index contributed by atoms with van der Waals surface area (Å²) in [6, 6.07) is 0. The lowest BCUT2D eigenvalue weighted by molar-refractivity contribution is -0.830. The first-order chi connectivity index (χ1) is 14.6. The molecule has 0 saturated carbocycles. The number of hydrogen-bond acceptors (Lipinski definition) is 2. The van der Waals surface area contributed by atoms with Crippen molar-refractivity contribution in [1.82, 2.24) is 5.32 Å². The number of hydrogen-bond donors (Lipinski definition) is 1. The fraction of sp³-hybridized carbons (Fsp3) is 0.846. The predicted molar refractivity (Wildman–Crippen MR) is 131 cm³/mol. The Morgan fingerprint density at radius 1 is 0.933 bits per heavy atom. The monoisotopic (exact) mass is 420 g/mol. The highest BCUT2D eigenvalue weighted by molar-refractivity contribution is 5.88. The first kappa shape index (κ1) is 26.9. The van der Waals surface area contributed by atoms with E-state index in [-0.39, 0.29) is 5.91 Å². The molecule has 0 fully saturated rings. The van der Waals surface area contributed by atoms with Crippen molar-refractivity contribution in [3.63, 3.8) is 0 Å². The number of allylic oxidation sites excluding steroid dienone is 1. The van der Waals surface area contributed by atoms with Gasteiger partial charge in [-0.1, -0.05) is 90.0 Å². The Kier molecular flexibility index (Phi) is 15.7. The summed E-state index contributed by atoms with van der Waals surface area (Å²) in [5, 5.41) is 2.94. The normalized spacial score (nSPS) is 18.8. The van der Waals surface area contributed by atoms with Crippen LogP contribution in [0.4, 0.5) is 0 Å². The van der Waals surface area contributed by atoms with Crippen LogP contribution >= 0.6 is 0 Å². The molecule has 0 aliphatic carbocycles. The molecule has 0 spiro atoms. The van der Waals surface area contributed by atoms with Crippen LogP contribution in [0, 0.1) is 0 Å². The van der Waals surface area contributed by atoms with Gasteiger partial charge in [0.2, 0.25) is 11.7 Å². The highest BCUT2D eigenvalue weighted by Crippen LogP contribution is 2.17. The first-order valence-corrected chi connectivity index (χ1v) is 13.0. The third kappa shape index (κ3) is 11.9. The Labute approximate surface area is 187 Å². The molecule has 0 aromatic rings. The number of unbranched alkanes of at least 4 members (excludes halogenated alkanes) is 13. The number of likely N-dealkylation sites (N-methyl/N-ethyl adjacent to an activating group) is 1. The summed E-state index contributed by atoms with van der Waals surface area (Å²) in [6.45, 7) is 10.8. The van der Waals surface area contributed by atoms with Gasteiger partial charge in [-0.05, 0) is 19.8 Å². The van der Waals surface area contributed by atoms with Gasteiger partial charge in [0.05, 0.1) is 19.6 Å². The Morgan fingerprint density at radius 2 is 1.50 bits per heavy atom. The zero-order valence-electron chi connectivity index (χ0n) is 20.4. The van der Waals surface area contributed by atoms with E-state index in [0.717, 1.165) is 43.6 Å². The maximum Gasteiger partial charge on any atom is 0.222 e. The van der Waals surface area contributed by atoms with Crippen LogP contribution in [0.2, 0.25) is 0 Å². The van der Waals surface area contributed by atoms with E-state index in [9.17, 15) is 4.79 Å². The number of carbonyl (C=O) groups is 1. The predicted octanol–water partition coefficient (Wildman–Crippen LogP) is 6.41. The van der Waals surface area contributed by atoms with Gasteiger partial charge in [0.1, 0.15) is 13.1 Å². The van der Waals surface area contributed by atoms with Crippen LogP contribution < -0.4 is 5.32 Å². The number of aliphatic imine (C=N–C) groups is 1. The van der Waals surface area contributed by atoms with Gasteiger partial charge >= 0.3 is 0 Å². The number of rotatable bonds is 19. The van der Waals surface area contributed by atoms with Crippen LogP contribution in [0.5, 0.6) is 0 Å². The maximum absolute atomic E-state index is 11.2. The molecule has 30 heavy (non-hydrogen) atoms. The molecule has 4 heteroatoms. The molecule has 0 aromatic heterocycles.